The number of carbonyl (C=O) groups excluding carboxylic acids is 1. The predicted octanol–water partition coefficient (Wildman–Crippen LogP) is 1.36. The summed E-state index contributed by atoms with van der Waals surface area (Å²) in [4.78, 5) is 23.5. The molecule has 5 heteroatoms. The number of carboxylic acid groups (broad SMARTS) is 1. The number of rotatable bonds is 1. The minimum absolute atomic E-state index is 0.0228. The summed E-state index contributed by atoms with van der Waals surface area (Å²) in [5.74, 6) is -2.11. The van der Waals surface area contributed by atoms with Gasteiger partial charge in [-0.1, -0.05) is 19.9 Å². The largest absolute Gasteiger partial charge is 0.478 e. The Kier molecular flexibility index (Phi) is 2.48. The molecule has 0 unspecified atom stereocenters. The van der Waals surface area contributed by atoms with E-state index in [0.29, 0.717) is 12.0 Å². The molecular weight excluding hydrogens is 260 g/mol. The van der Waals surface area contributed by atoms with E-state index in [-0.39, 0.29) is 17.9 Å². The number of allylic oxidation sites excluding steroid dienone is 1. The van der Waals surface area contributed by atoms with Crippen LogP contribution in [0.3, 0.4) is 0 Å². The Labute approximate surface area is 117 Å². The van der Waals surface area contributed by atoms with E-state index in [1.165, 1.54) is 6.92 Å². The lowest BCUT2D eigenvalue weighted by Crippen LogP contribution is -2.61. The van der Waals surface area contributed by atoms with Gasteiger partial charge in [0.2, 0.25) is 0 Å². The molecule has 110 valence electrons. The van der Waals surface area contributed by atoms with Crippen LogP contribution in [-0.2, 0) is 14.3 Å². The smallest absolute Gasteiger partial charge is 0.338 e. The maximum Gasteiger partial charge on any atom is 0.338 e. The normalized spacial score (nSPS) is 45.4. The average Bonchev–Trinajstić information content (AvgIpc) is 2.73. The third-order valence-corrected chi connectivity index (χ3v) is 5.52. The predicted molar refractivity (Wildman–Crippen MR) is 69.7 cm³/mol. The van der Waals surface area contributed by atoms with E-state index < -0.39 is 28.9 Å². The van der Waals surface area contributed by atoms with Crippen molar-refractivity contribution in [3.05, 3.63) is 11.6 Å². The molecule has 4 atom stereocenters. The second kappa shape index (κ2) is 3.64. The Morgan fingerprint density at radius 2 is 2.05 bits per heavy atom. The zero-order valence-electron chi connectivity index (χ0n) is 12.0. The fourth-order valence-corrected chi connectivity index (χ4v) is 4.79. The van der Waals surface area contributed by atoms with Gasteiger partial charge in [0.05, 0.1) is 6.61 Å². The summed E-state index contributed by atoms with van der Waals surface area (Å²) in [6.45, 7) is 5.73. The van der Waals surface area contributed by atoms with E-state index in [2.05, 4.69) is 13.8 Å². The van der Waals surface area contributed by atoms with Crippen molar-refractivity contribution in [1.82, 2.24) is 0 Å². The Bertz CT molecular complexity index is 530. The highest BCUT2D eigenvalue weighted by atomic mass is 16.6. The van der Waals surface area contributed by atoms with E-state index >= 15 is 0 Å². The summed E-state index contributed by atoms with van der Waals surface area (Å²) in [6, 6.07) is 0. The summed E-state index contributed by atoms with van der Waals surface area (Å²) in [5.41, 5.74) is -2.11. The van der Waals surface area contributed by atoms with Gasteiger partial charge in [0.25, 0.3) is 0 Å². The molecule has 2 aliphatic carbocycles. The van der Waals surface area contributed by atoms with Crippen molar-refractivity contribution in [2.75, 3.05) is 6.61 Å². The maximum absolute atomic E-state index is 12.0. The molecule has 3 aliphatic rings. The zero-order valence-corrected chi connectivity index (χ0v) is 12.0. The lowest BCUT2D eigenvalue weighted by Gasteiger charge is -2.49. The van der Waals surface area contributed by atoms with Crippen molar-refractivity contribution >= 4 is 11.9 Å². The monoisotopic (exact) mass is 280 g/mol. The van der Waals surface area contributed by atoms with Crippen molar-refractivity contribution in [2.45, 2.75) is 39.2 Å². The summed E-state index contributed by atoms with van der Waals surface area (Å²) in [5, 5.41) is 20.2. The highest BCUT2D eigenvalue weighted by Crippen LogP contribution is 2.68. The molecule has 0 aromatic rings. The van der Waals surface area contributed by atoms with Crippen LogP contribution in [0.4, 0.5) is 0 Å². The van der Waals surface area contributed by atoms with Crippen LogP contribution in [0.25, 0.3) is 0 Å². The van der Waals surface area contributed by atoms with Crippen LogP contribution in [0, 0.1) is 22.7 Å². The molecule has 3 rings (SSSR count). The summed E-state index contributed by atoms with van der Waals surface area (Å²) in [6.07, 6.45) is 3.16. The van der Waals surface area contributed by atoms with Gasteiger partial charge in [-0.2, -0.15) is 0 Å². The summed E-state index contributed by atoms with van der Waals surface area (Å²) < 4.78 is 5.07. The molecule has 1 saturated heterocycles. The molecule has 5 nitrogen and oxygen atoms in total. The van der Waals surface area contributed by atoms with E-state index in [4.69, 9.17) is 4.74 Å². The minimum atomic E-state index is -1.64. The number of cyclic esters (lactones) is 1. The van der Waals surface area contributed by atoms with Crippen molar-refractivity contribution in [3.8, 4) is 0 Å². The number of aliphatic hydroxyl groups is 1. The fourth-order valence-electron chi connectivity index (χ4n) is 4.79. The molecule has 1 spiro atoms. The van der Waals surface area contributed by atoms with Gasteiger partial charge >= 0.3 is 11.9 Å². The van der Waals surface area contributed by atoms with Gasteiger partial charge in [-0.25, -0.2) is 9.59 Å². The lowest BCUT2D eigenvalue weighted by molar-refractivity contribution is -0.208. The van der Waals surface area contributed by atoms with Gasteiger partial charge in [-0.3, -0.25) is 0 Å². The molecule has 0 aromatic carbocycles. The molecule has 1 saturated carbocycles. The first kappa shape index (κ1) is 13.6. The van der Waals surface area contributed by atoms with Gasteiger partial charge in [0.15, 0.2) is 5.60 Å². The Hall–Kier alpha value is -1.36. The molecule has 0 amide bonds. The van der Waals surface area contributed by atoms with Gasteiger partial charge in [-0.15, -0.1) is 0 Å². The average molecular weight is 280 g/mol. The first-order valence-corrected chi connectivity index (χ1v) is 6.96. The van der Waals surface area contributed by atoms with Crippen LogP contribution in [-0.4, -0.2) is 34.4 Å². The SMILES string of the molecule is CC1(C)C[C@H]2C=C(C(=O)O)[C@@H]3COC(=O)[C@](C)(O)[C@@]23C1. The lowest BCUT2D eigenvalue weighted by atomic mass is 9.59. The third kappa shape index (κ3) is 1.41. The fraction of sp³-hybridized carbons (Fsp3) is 0.733. The second-order valence-corrected chi connectivity index (χ2v) is 7.34. The Morgan fingerprint density at radius 3 is 2.65 bits per heavy atom. The summed E-state index contributed by atoms with van der Waals surface area (Å²) >= 11 is 0. The van der Waals surface area contributed by atoms with E-state index in [1.54, 1.807) is 6.08 Å². The molecule has 20 heavy (non-hydrogen) atoms. The minimum Gasteiger partial charge on any atom is -0.478 e. The van der Waals surface area contributed by atoms with Crippen molar-refractivity contribution < 1.29 is 24.5 Å². The van der Waals surface area contributed by atoms with Gasteiger partial charge in [-0.05, 0) is 31.1 Å². The molecule has 1 heterocycles. The number of hydrogen-bond donors (Lipinski definition) is 2. The van der Waals surface area contributed by atoms with E-state index in [0.717, 1.165) is 6.42 Å². The first-order valence-electron chi connectivity index (χ1n) is 6.96. The van der Waals surface area contributed by atoms with Gasteiger partial charge in [0.1, 0.15) is 0 Å². The molecular formula is C15H20O5. The Balaban J connectivity index is 2.16. The number of carboxylic acids is 1. The van der Waals surface area contributed by atoms with Crippen molar-refractivity contribution in [1.29, 1.82) is 0 Å². The van der Waals surface area contributed by atoms with E-state index in [9.17, 15) is 19.8 Å². The van der Waals surface area contributed by atoms with Crippen LogP contribution < -0.4 is 0 Å². The summed E-state index contributed by atoms with van der Waals surface area (Å²) in [7, 11) is 0. The van der Waals surface area contributed by atoms with Gasteiger partial charge in [0, 0.05) is 16.9 Å². The zero-order chi connectivity index (χ0) is 14.9. The highest BCUT2D eigenvalue weighted by Gasteiger charge is 2.71. The molecule has 1 aliphatic heterocycles. The van der Waals surface area contributed by atoms with Crippen LogP contribution in [0.2, 0.25) is 0 Å². The topological polar surface area (TPSA) is 83.8 Å². The van der Waals surface area contributed by atoms with Crippen molar-refractivity contribution in [2.24, 2.45) is 22.7 Å². The number of aliphatic carboxylic acids is 1. The first-order chi connectivity index (χ1) is 9.12. The number of esters is 1. The van der Waals surface area contributed by atoms with Crippen molar-refractivity contribution in [3.63, 3.8) is 0 Å². The quantitative estimate of drug-likeness (QED) is 0.708. The second-order valence-electron chi connectivity index (χ2n) is 7.34. The third-order valence-electron chi connectivity index (χ3n) is 5.52. The van der Waals surface area contributed by atoms with Crippen LogP contribution in [0.15, 0.2) is 11.6 Å². The number of hydrogen-bond acceptors (Lipinski definition) is 4. The molecule has 0 radical (unpaired) electrons. The number of ether oxygens (including phenoxy) is 1. The van der Waals surface area contributed by atoms with Gasteiger partial charge < -0.3 is 14.9 Å². The molecule has 0 aromatic heterocycles. The Morgan fingerprint density at radius 1 is 1.40 bits per heavy atom. The molecule has 2 N–H and O–H groups in total. The van der Waals surface area contributed by atoms with E-state index in [1.807, 2.05) is 0 Å². The maximum atomic E-state index is 12.0. The standard InChI is InChI=1S/C15H20O5/c1-13(2)5-8-4-9(11(16)17)10-6-20-12(18)14(3,19)15(8,10)7-13/h4,8,10,19H,5-7H2,1-3H3,(H,16,17)/t8-,10+,14+,15+/m1/s1. The molecule has 2 fully saturated rings. The highest BCUT2D eigenvalue weighted by molar-refractivity contribution is 5.90. The van der Waals surface area contributed by atoms with Crippen LogP contribution >= 0.6 is 0 Å². The van der Waals surface area contributed by atoms with Crippen LogP contribution in [0.5, 0.6) is 0 Å². The molecule has 0 bridgehead atoms. The number of carbonyl (C=O) groups is 2. The van der Waals surface area contributed by atoms with Crippen LogP contribution in [0.1, 0.15) is 33.6 Å².